The second kappa shape index (κ2) is 10.6. The average Bonchev–Trinajstić information content (AvgIpc) is 2.79. The molecule has 33 heavy (non-hydrogen) atoms. The Morgan fingerprint density at radius 2 is 1.70 bits per heavy atom. The zero-order valence-corrected chi connectivity index (χ0v) is 20.9. The number of anilines is 1. The van der Waals surface area contributed by atoms with Gasteiger partial charge < -0.3 is 14.8 Å². The lowest BCUT2D eigenvalue weighted by Gasteiger charge is -2.26. The van der Waals surface area contributed by atoms with Gasteiger partial charge in [-0.1, -0.05) is 32.4 Å². The van der Waals surface area contributed by atoms with E-state index in [-0.39, 0.29) is 22.5 Å². The molecule has 7 nitrogen and oxygen atoms in total. The summed E-state index contributed by atoms with van der Waals surface area (Å²) in [6.07, 6.45) is 1.93. The lowest BCUT2D eigenvalue weighted by atomic mass is 10.0. The van der Waals surface area contributed by atoms with Crippen molar-refractivity contribution in [1.29, 1.82) is 0 Å². The van der Waals surface area contributed by atoms with E-state index in [4.69, 9.17) is 9.47 Å². The predicted molar refractivity (Wildman–Crippen MR) is 130 cm³/mol. The quantitative estimate of drug-likeness (QED) is 0.599. The Balaban J connectivity index is 1.80. The fourth-order valence-electron chi connectivity index (χ4n) is 3.91. The minimum atomic E-state index is -3.73. The molecule has 1 aliphatic rings. The highest BCUT2D eigenvalue weighted by Gasteiger charge is 2.29. The van der Waals surface area contributed by atoms with E-state index < -0.39 is 16.1 Å². The largest absolute Gasteiger partial charge is 0.495 e. The molecule has 0 radical (unpaired) electrons. The third-order valence-corrected chi connectivity index (χ3v) is 7.75. The highest BCUT2D eigenvalue weighted by Crippen LogP contribution is 2.32. The van der Waals surface area contributed by atoms with Gasteiger partial charge in [-0.25, -0.2) is 8.42 Å². The van der Waals surface area contributed by atoms with Gasteiger partial charge in [0.25, 0.3) is 5.91 Å². The summed E-state index contributed by atoms with van der Waals surface area (Å²) in [7, 11) is -2.29. The number of carbonyl (C=O) groups excluding carboxylic acids is 1. The minimum absolute atomic E-state index is 0.0547. The van der Waals surface area contributed by atoms with Gasteiger partial charge in [0.15, 0.2) is 6.10 Å². The molecule has 8 heteroatoms. The lowest BCUT2D eigenvalue weighted by Crippen LogP contribution is -2.36. The summed E-state index contributed by atoms with van der Waals surface area (Å²) in [5.41, 5.74) is 2.45. The molecule has 0 saturated carbocycles. The SMILES string of the molecule is COc1ccc(NC(=O)C(C)Oc2cc(C)ccc2C(C)C)cc1S(=O)(=O)N1CCCCC1. The van der Waals surface area contributed by atoms with E-state index in [0.29, 0.717) is 24.5 Å². The molecule has 1 amide bonds. The van der Waals surface area contributed by atoms with E-state index in [0.717, 1.165) is 30.4 Å². The number of aryl methyl sites for hydroxylation is 1. The molecule has 2 aromatic carbocycles. The van der Waals surface area contributed by atoms with Gasteiger partial charge >= 0.3 is 0 Å². The van der Waals surface area contributed by atoms with Crippen LogP contribution in [0.4, 0.5) is 5.69 Å². The van der Waals surface area contributed by atoms with Gasteiger partial charge in [-0.2, -0.15) is 4.31 Å². The van der Waals surface area contributed by atoms with Crippen LogP contribution in [-0.4, -0.2) is 44.9 Å². The van der Waals surface area contributed by atoms with E-state index in [9.17, 15) is 13.2 Å². The van der Waals surface area contributed by atoms with Gasteiger partial charge in [0.2, 0.25) is 10.0 Å². The van der Waals surface area contributed by atoms with Crippen molar-refractivity contribution in [2.24, 2.45) is 0 Å². The summed E-state index contributed by atoms with van der Waals surface area (Å²) in [4.78, 5) is 12.9. The van der Waals surface area contributed by atoms with Gasteiger partial charge in [-0.15, -0.1) is 0 Å². The molecule has 1 atom stereocenters. The number of nitrogens with one attached hydrogen (secondary N) is 1. The standard InChI is InChI=1S/C25H34N2O5S/c1-17(2)21-11-9-18(3)15-23(21)32-19(4)25(28)26-20-10-12-22(31-5)24(16-20)33(29,30)27-13-7-6-8-14-27/h9-12,15-17,19H,6-8,13-14H2,1-5H3,(H,26,28). The number of piperidine rings is 1. The summed E-state index contributed by atoms with van der Waals surface area (Å²) < 4.78 is 39.2. The van der Waals surface area contributed by atoms with E-state index >= 15 is 0 Å². The smallest absolute Gasteiger partial charge is 0.265 e. The van der Waals surface area contributed by atoms with Crippen LogP contribution in [0.5, 0.6) is 11.5 Å². The first-order valence-electron chi connectivity index (χ1n) is 11.4. The Kier molecular flexibility index (Phi) is 8.02. The first kappa shape index (κ1) is 25.1. The maximum Gasteiger partial charge on any atom is 0.265 e. The van der Waals surface area contributed by atoms with Crippen molar-refractivity contribution in [3.05, 3.63) is 47.5 Å². The molecule has 1 heterocycles. The van der Waals surface area contributed by atoms with Crippen molar-refractivity contribution in [2.75, 3.05) is 25.5 Å². The van der Waals surface area contributed by atoms with Crippen molar-refractivity contribution in [1.82, 2.24) is 4.31 Å². The normalized spacial score (nSPS) is 15.8. The number of hydrogen-bond donors (Lipinski definition) is 1. The molecule has 0 bridgehead atoms. The number of sulfonamides is 1. The third-order valence-electron chi connectivity index (χ3n) is 5.83. The van der Waals surface area contributed by atoms with Crippen LogP contribution in [0.3, 0.4) is 0 Å². The van der Waals surface area contributed by atoms with Crippen LogP contribution in [-0.2, 0) is 14.8 Å². The average molecular weight is 475 g/mol. The van der Waals surface area contributed by atoms with Crippen LogP contribution in [0, 0.1) is 6.92 Å². The zero-order chi connectivity index (χ0) is 24.2. The maximum atomic E-state index is 13.2. The van der Waals surface area contributed by atoms with Crippen LogP contribution in [0.25, 0.3) is 0 Å². The fourth-order valence-corrected chi connectivity index (χ4v) is 5.61. The van der Waals surface area contributed by atoms with Crippen LogP contribution >= 0.6 is 0 Å². The molecule has 0 aromatic heterocycles. The molecule has 3 rings (SSSR count). The molecule has 0 spiro atoms. The summed E-state index contributed by atoms with van der Waals surface area (Å²) in [6.45, 7) is 8.77. The van der Waals surface area contributed by atoms with Crippen LogP contribution in [0.2, 0.25) is 0 Å². The Morgan fingerprint density at radius 1 is 1.00 bits per heavy atom. The van der Waals surface area contributed by atoms with Crippen molar-refractivity contribution in [3.63, 3.8) is 0 Å². The summed E-state index contributed by atoms with van der Waals surface area (Å²) in [5.74, 6) is 0.817. The number of methoxy groups -OCH3 is 1. The van der Waals surface area contributed by atoms with Crippen LogP contribution in [0.1, 0.15) is 57.1 Å². The zero-order valence-electron chi connectivity index (χ0n) is 20.1. The van der Waals surface area contributed by atoms with Gasteiger partial charge in [-0.3, -0.25) is 4.79 Å². The second-order valence-electron chi connectivity index (χ2n) is 8.78. The highest BCUT2D eigenvalue weighted by molar-refractivity contribution is 7.89. The van der Waals surface area contributed by atoms with E-state index in [1.54, 1.807) is 19.1 Å². The molecule has 180 valence electrons. The first-order chi connectivity index (χ1) is 15.6. The monoisotopic (exact) mass is 474 g/mol. The van der Waals surface area contributed by atoms with E-state index in [1.165, 1.54) is 17.5 Å². The van der Waals surface area contributed by atoms with Crippen molar-refractivity contribution < 1.29 is 22.7 Å². The number of hydrogen-bond acceptors (Lipinski definition) is 5. The van der Waals surface area contributed by atoms with Crippen molar-refractivity contribution >= 4 is 21.6 Å². The van der Waals surface area contributed by atoms with Gasteiger partial charge in [-0.05, 0) is 68.0 Å². The summed E-state index contributed by atoms with van der Waals surface area (Å²) in [5, 5.41) is 2.79. The van der Waals surface area contributed by atoms with Crippen LogP contribution < -0.4 is 14.8 Å². The maximum absolute atomic E-state index is 13.2. The molecule has 1 fully saturated rings. The summed E-state index contributed by atoms with van der Waals surface area (Å²) in [6, 6.07) is 10.6. The summed E-state index contributed by atoms with van der Waals surface area (Å²) >= 11 is 0. The molecular formula is C25H34N2O5S. The molecule has 1 aliphatic heterocycles. The molecule has 0 aliphatic carbocycles. The Bertz CT molecular complexity index is 1090. The number of rotatable bonds is 8. The second-order valence-corrected chi connectivity index (χ2v) is 10.7. The number of amides is 1. The van der Waals surface area contributed by atoms with Gasteiger partial charge in [0, 0.05) is 18.8 Å². The first-order valence-corrected chi connectivity index (χ1v) is 12.8. The number of benzene rings is 2. The Labute approximate surface area is 197 Å². The number of carbonyl (C=O) groups is 1. The minimum Gasteiger partial charge on any atom is -0.495 e. The third kappa shape index (κ3) is 5.86. The molecule has 1 unspecified atom stereocenters. The Morgan fingerprint density at radius 3 is 2.33 bits per heavy atom. The topological polar surface area (TPSA) is 84.9 Å². The number of nitrogens with zero attached hydrogens (tertiary/aromatic N) is 1. The fraction of sp³-hybridized carbons (Fsp3) is 0.480. The lowest BCUT2D eigenvalue weighted by molar-refractivity contribution is -0.122. The Hall–Kier alpha value is -2.58. The predicted octanol–water partition coefficient (Wildman–Crippen LogP) is 4.71. The molecule has 1 N–H and O–H groups in total. The molecule has 2 aromatic rings. The van der Waals surface area contributed by atoms with Crippen molar-refractivity contribution in [2.45, 2.75) is 63.9 Å². The highest BCUT2D eigenvalue weighted by atomic mass is 32.2. The van der Waals surface area contributed by atoms with E-state index in [2.05, 4.69) is 19.2 Å². The van der Waals surface area contributed by atoms with Gasteiger partial charge in [0.05, 0.1) is 7.11 Å². The van der Waals surface area contributed by atoms with Gasteiger partial charge in [0.1, 0.15) is 16.4 Å². The molecular weight excluding hydrogens is 440 g/mol. The number of ether oxygens (including phenoxy) is 2. The van der Waals surface area contributed by atoms with Crippen molar-refractivity contribution in [3.8, 4) is 11.5 Å². The van der Waals surface area contributed by atoms with Crippen LogP contribution in [0.15, 0.2) is 41.3 Å². The molecule has 1 saturated heterocycles. The van der Waals surface area contributed by atoms with E-state index in [1.807, 2.05) is 25.1 Å².